The van der Waals surface area contributed by atoms with Crippen molar-refractivity contribution in [3.05, 3.63) is 24.3 Å². The predicted molar refractivity (Wildman–Crippen MR) is 83.5 cm³/mol. The lowest BCUT2D eigenvalue weighted by molar-refractivity contribution is -0.904. The monoisotopic (exact) mass is 332 g/mol. The minimum absolute atomic E-state index is 0.118. The molecule has 1 heterocycles. The quantitative estimate of drug-likeness (QED) is 0.672. The Bertz CT molecular complexity index is 479. The number of hydrogen-bond donors (Lipinski definition) is 3. The number of quaternary nitrogens is 1. The van der Waals surface area contributed by atoms with Gasteiger partial charge < -0.3 is 25.0 Å². The van der Waals surface area contributed by atoms with Crippen LogP contribution in [0.4, 0.5) is 14.5 Å². The van der Waals surface area contributed by atoms with Gasteiger partial charge in [0.25, 0.3) is 0 Å². The summed E-state index contributed by atoms with van der Waals surface area (Å²) in [4.78, 5) is 3.44. The van der Waals surface area contributed by atoms with Crippen LogP contribution in [-0.4, -0.2) is 61.1 Å². The number of aliphatic hydroxyl groups is 1. The van der Waals surface area contributed by atoms with E-state index in [-0.39, 0.29) is 12.4 Å². The van der Waals surface area contributed by atoms with Crippen LogP contribution >= 0.6 is 12.2 Å². The van der Waals surface area contributed by atoms with Crippen LogP contribution in [-0.2, 0) is 0 Å². The third kappa shape index (κ3) is 5.04. The normalized spacial score (nSPS) is 15.9. The van der Waals surface area contributed by atoms with Gasteiger partial charge in [0.1, 0.15) is 12.3 Å². The van der Waals surface area contributed by atoms with E-state index in [4.69, 9.17) is 17.3 Å². The average Bonchev–Trinajstić information content (AvgIpc) is 2.50. The molecule has 1 saturated heterocycles. The van der Waals surface area contributed by atoms with Gasteiger partial charge in [0, 0.05) is 5.69 Å². The molecule has 0 unspecified atom stereocenters. The first kappa shape index (κ1) is 16.9. The number of nitrogens with one attached hydrogen (secondary N) is 2. The zero-order valence-electron chi connectivity index (χ0n) is 12.1. The lowest BCUT2D eigenvalue weighted by atomic mass is 10.3. The highest BCUT2D eigenvalue weighted by Gasteiger charge is 2.21. The number of nitrogens with zero attached hydrogens (tertiary/aromatic N) is 1. The number of aliphatic hydroxyl groups excluding tert-OH is 1. The molecule has 0 bridgehead atoms. The van der Waals surface area contributed by atoms with E-state index >= 15 is 0 Å². The van der Waals surface area contributed by atoms with Crippen LogP contribution in [0.1, 0.15) is 0 Å². The van der Waals surface area contributed by atoms with Gasteiger partial charge in [0.2, 0.25) is 0 Å². The summed E-state index contributed by atoms with van der Waals surface area (Å²) in [7, 11) is 0. The Labute approximate surface area is 133 Å². The third-order valence-electron chi connectivity index (χ3n) is 3.55. The van der Waals surface area contributed by atoms with E-state index in [1.165, 1.54) is 17.0 Å². The molecule has 0 aromatic heterocycles. The fraction of sp³-hybridized carbons (Fsp3) is 0.500. The molecule has 1 aromatic rings. The maximum atomic E-state index is 12.1. The molecule has 1 fully saturated rings. The number of alkyl halides is 2. The molecule has 0 spiro atoms. The Morgan fingerprint density at radius 2 is 1.95 bits per heavy atom. The number of rotatable bonds is 5. The van der Waals surface area contributed by atoms with Crippen LogP contribution in [0, 0.1) is 0 Å². The molecule has 0 radical (unpaired) electrons. The van der Waals surface area contributed by atoms with E-state index < -0.39 is 6.61 Å². The van der Waals surface area contributed by atoms with Crippen molar-refractivity contribution in [3.63, 3.8) is 0 Å². The third-order valence-corrected chi connectivity index (χ3v) is 3.91. The van der Waals surface area contributed by atoms with Crippen molar-refractivity contribution < 1.29 is 23.5 Å². The maximum absolute atomic E-state index is 12.1. The Kier molecular flexibility index (Phi) is 6.29. The Hall–Kier alpha value is -1.51. The molecule has 0 atom stereocenters. The summed E-state index contributed by atoms with van der Waals surface area (Å²) < 4.78 is 28.5. The molecule has 0 saturated carbocycles. The first-order chi connectivity index (χ1) is 10.6. The zero-order chi connectivity index (χ0) is 15.9. The van der Waals surface area contributed by atoms with Crippen LogP contribution in [0.5, 0.6) is 5.75 Å². The molecular weight excluding hydrogens is 312 g/mol. The Morgan fingerprint density at radius 1 is 1.32 bits per heavy atom. The van der Waals surface area contributed by atoms with Crippen molar-refractivity contribution in [2.45, 2.75) is 6.61 Å². The lowest BCUT2D eigenvalue weighted by Gasteiger charge is -2.33. The Balaban J connectivity index is 1.82. The second-order valence-electron chi connectivity index (χ2n) is 5.04. The number of benzene rings is 1. The Morgan fingerprint density at radius 3 is 2.50 bits per heavy atom. The number of halogens is 2. The van der Waals surface area contributed by atoms with Gasteiger partial charge in [-0.15, -0.1) is 0 Å². The average molecular weight is 332 g/mol. The molecule has 1 aliphatic heterocycles. The fourth-order valence-corrected chi connectivity index (χ4v) is 2.66. The number of hydrogen-bond acceptors (Lipinski definition) is 3. The topological polar surface area (TPSA) is 49.2 Å². The number of thiocarbonyl (C=S) groups is 1. The maximum Gasteiger partial charge on any atom is 0.387 e. The summed E-state index contributed by atoms with van der Waals surface area (Å²) in [5.74, 6) is 0.118. The molecule has 3 N–H and O–H groups in total. The van der Waals surface area contributed by atoms with Gasteiger partial charge in [-0.05, 0) is 36.5 Å². The van der Waals surface area contributed by atoms with E-state index in [0.717, 1.165) is 38.4 Å². The van der Waals surface area contributed by atoms with Crippen LogP contribution in [0.2, 0.25) is 0 Å². The van der Waals surface area contributed by atoms with Gasteiger partial charge in [0.15, 0.2) is 5.11 Å². The minimum atomic E-state index is -2.82. The van der Waals surface area contributed by atoms with Gasteiger partial charge in [-0.3, -0.25) is 0 Å². The van der Waals surface area contributed by atoms with Crippen LogP contribution in [0.3, 0.4) is 0 Å². The van der Waals surface area contributed by atoms with Gasteiger partial charge in [-0.1, -0.05) is 0 Å². The van der Waals surface area contributed by atoms with Crippen LogP contribution in [0.15, 0.2) is 24.3 Å². The minimum Gasteiger partial charge on any atom is -0.435 e. The van der Waals surface area contributed by atoms with Crippen molar-refractivity contribution in [2.24, 2.45) is 0 Å². The molecule has 22 heavy (non-hydrogen) atoms. The lowest BCUT2D eigenvalue weighted by Crippen LogP contribution is -3.15. The molecular formula is C14H20F2N3O2S+. The van der Waals surface area contributed by atoms with E-state index in [1.54, 1.807) is 12.1 Å². The van der Waals surface area contributed by atoms with Crippen LogP contribution in [0.25, 0.3) is 0 Å². The number of ether oxygens (including phenoxy) is 1. The molecule has 0 amide bonds. The van der Waals surface area contributed by atoms with Crippen molar-refractivity contribution in [1.82, 2.24) is 4.90 Å². The molecule has 8 heteroatoms. The molecule has 122 valence electrons. The van der Waals surface area contributed by atoms with E-state index in [2.05, 4.69) is 15.0 Å². The second-order valence-corrected chi connectivity index (χ2v) is 5.43. The summed E-state index contributed by atoms with van der Waals surface area (Å²) in [5, 5.41) is 12.6. The highest BCUT2D eigenvalue weighted by Crippen LogP contribution is 2.18. The summed E-state index contributed by atoms with van der Waals surface area (Å²) in [5.41, 5.74) is 0.733. The summed E-state index contributed by atoms with van der Waals surface area (Å²) in [6.45, 7) is 1.66. The highest BCUT2D eigenvalue weighted by molar-refractivity contribution is 7.80. The van der Waals surface area contributed by atoms with Crippen molar-refractivity contribution in [2.75, 3.05) is 44.6 Å². The highest BCUT2D eigenvalue weighted by atomic mass is 32.1. The van der Waals surface area contributed by atoms with Crippen molar-refractivity contribution >= 4 is 23.0 Å². The summed E-state index contributed by atoms with van der Waals surface area (Å²) in [6, 6.07) is 6.25. The fourth-order valence-electron chi connectivity index (χ4n) is 2.36. The standard InChI is InChI=1S/C14H19F2N3O2S/c15-13(16)21-12-3-1-11(2-4-12)17-14(22)19-7-5-18(6-8-19)9-10-20/h1-4,13,20H,5-10H2,(H,17,22)/p+1. The molecule has 2 rings (SSSR count). The van der Waals surface area contributed by atoms with E-state index in [1.807, 2.05) is 0 Å². The summed E-state index contributed by atoms with van der Waals surface area (Å²) in [6.07, 6.45) is 0. The van der Waals surface area contributed by atoms with Gasteiger partial charge >= 0.3 is 6.61 Å². The van der Waals surface area contributed by atoms with Crippen molar-refractivity contribution in [3.8, 4) is 5.75 Å². The van der Waals surface area contributed by atoms with E-state index in [9.17, 15) is 8.78 Å². The van der Waals surface area contributed by atoms with E-state index in [0.29, 0.717) is 5.11 Å². The zero-order valence-corrected chi connectivity index (χ0v) is 12.9. The second kappa shape index (κ2) is 8.21. The smallest absolute Gasteiger partial charge is 0.387 e. The van der Waals surface area contributed by atoms with Gasteiger partial charge in [-0.2, -0.15) is 8.78 Å². The molecule has 1 aromatic carbocycles. The van der Waals surface area contributed by atoms with Gasteiger partial charge in [-0.25, -0.2) is 0 Å². The van der Waals surface area contributed by atoms with Crippen molar-refractivity contribution in [1.29, 1.82) is 0 Å². The first-order valence-corrected chi connectivity index (χ1v) is 7.54. The predicted octanol–water partition coefficient (Wildman–Crippen LogP) is 0.178. The van der Waals surface area contributed by atoms with Crippen LogP contribution < -0.4 is 15.0 Å². The summed E-state index contributed by atoms with van der Waals surface area (Å²) >= 11 is 5.37. The number of anilines is 1. The number of piperazine rings is 1. The molecule has 5 nitrogen and oxygen atoms in total. The molecule has 1 aliphatic rings. The molecule has 0 aliphatic carbocycles. The SMILES string of the molecule is OCC[NH+]1CCN(C(=S)Nc2ccc(OC(F)F)cc2)CC1. The largest absolute Gasteiger partial charge is 0.435 e. The van der Waals surface area contributed by atoms with Gasteiger partial charge in [0.05, 0.1) is 32.8 Å². The first-order valence-electron chi connectivity index (χ1n) is 7.13.